The van der Waals surface area contributed by atoms with Gasteiger partial charge in [-0.3, -0.25) is 4.79 Å². The largest absolute Gasteiger partial charge is 0.322 e. The predicted molar refractivity (Wildman–Crippen MR) is 80.4 cm³/mol. The highest BCUT2D eigenvalue weighted by atomic mass is 35.5. The highest BCUT2D eigenvalue weighted by Gasteiger charge is 2.13. The number of benzene rings is 2. The highest BCUT2D eigenvalue weighted by Crippen LogP contribution is 2.26. The number of rotatable bonds is 3. The van der Waals surface area contributed by atoms with Crippen molar-refractivity contribution in [2.75, 3.05) is 5.32 Å². The van der Waals surface area contributed by atoms with E-state index in [4.69, 9.17) is 34.8 Å². The summed E-state index contributed by atoms with van der Waals surface area (Å²) in [5, 5.41) is 3.37. The molecule has 2 aromatic carbocycles. The molecule has 98 valence electrons. The minimum atomic E-state index is -0.315. The third-order valence-corrected chi connectivity index (χ3v) is 3.71. The number of alkyl halides is 1. The zero-order valence-electron chi connectivity index (χ0n) is 9.79. The Morgan fingerprint density at radius 1 is 1.05 bits per heavy atom. The van der Waals surface area contributed by atoms with Gasteiger partial charge in [-0.25, -0.2) is 0 Å². The summed E-state index contributed by atoms with van der Waals surface area (Å²) < 4.78 is 0. The normalized spacial score (nSPS) is 10.3. The fourth-order valence-electron chi connectivity index (χ4n) is 1.63. The van der Waals surface area contributed by atoms with Gasteiger partial charge in [0.1, 0.15) is 0 Å². The van der Waals surface area contributed by atoms with Crippen LogP contribution in [0.3, 0.4) is 0 Å². The molecule has 0 aliphatic rings. The van der Waals surface area contributed by atoms with Crippen LogP contribution in [-0.4, -0.2) is 5.91 Å². The summed E-state index contributed by atoms with van der Waals surface area (Å²) in [4.78, 5) is 12.2. The molecule has 1 amide bonds. The lowest BCUT2D eigenvalue weighted by molar-refractivity contribution is 0.102. The van der Waals surface area contributed by atoms with E-state index >= 15 is 0 Å². The fourth-order valence-corrected chi connectivity index (χ4v) is 2.25. The van der Waals surface area contributed by atoms with Crippen molar-refractivity contribution < 1.29 is 4.79 Å². The monoisotopic (exact) mass is 313 g/mol. The van der Waals surface area contributed by atoms with Crippen molar-refractivity contribution in [2.45, 2.75) is 5.88 Å². The van der Waals surface area contributed by atoms with E-state index < -0.39 is 0 Å². The number of anilines is 1. The molecule has 0 heterocycles. The lowest BCUT2D eigenvalue weighted by atomic mass is 10.1. The van der Waals surface area contributed by atoms with Crippen molar-refractivity contribution in [2.24, 2.45) is 0 Å². The van der Waals surface area contributed by atoms with Gasteiger partial charge in [-0.15, -0.1) is 11.6 Å². The lowest BCUT2D eigenvalue weighted by Gasteiger charge is -2.10. The van der Waals surface area contributed by atoms with Crippen LogP contribution in [0.4, 0.5) is 5.69 Å². The maximum atomic E-state index is 12.2. The van der Waals surface area contributed by atoms with Crippen LogP contribution in [0.5, 0.6) is 0 Å². The van der Waals surface area contributed by atoms with Gasteiger partial charge in [0, 0.05) is 11.6 Å². The van der Waals surface area contributed by atoms with E-state index in [1.807, 2.05) is 18.2 Å². The van der Waals surface area contributed by atoms with Crippen molar-refractivity contribution in [1.82, 2.24) is 0 Å². The first-order valence-corrected chi connectivity index (χ1v) is 6.81. The van der Waals surface area contributed by atoms with E-state index in [1.54, 1.807) is 24.3 Å². The van der Waals surface area contributed by atoms with E-state index in [0.717, 1.165) is 5.56 Å². The molecule has 0 saturated carbocycles. The first kappa shape index (κ1) is 14.2. The molecule has 2 nitrogen and oxygen atoms in total. The average Bonchev–Trinajstić information content (AvgIpc) is 2.42. The molecule has 2 rings (SSSR count). The summed E-state index contributed by atoms with van der Waals surface area (Å²) in [6.45, 7) is 0. The minimum absolute atomic E-state index is 0.241. The molecule has 0 aliphatic heterocycles. The van der Waals surface area contributed by atoms with Crippen molar-refractivity contribution in [3.63, 3.8) is 0 Å². The molecule has 0 atom stereocenters. The molecule has 1 N–H and O–H groups in total. The molecule has 0 aliphatic carbocycles. The van der Waals surface area contributed by atoms with Crippen molar-refractivity contribution in [1.29, 1.82) is 0 Å². The van der Waals surface area contributed by atoms with Crippen molar-refractivity contribution >= 4 is 46.4 Å². The van der Waals surface area contributed by atoms with Crippen LogP contribution in [0.2, 0.25) is 10.0 Å². The van der Waals surface area contributed by atoms with Crippen molar-refractivity contribution in [3.05, 3.63) is 63.6 Å². The minimum Gasteiger partial charge on any atom is -0.322 e. The predicted octanol–water partition coefficient (Wildman–Crippen LogP) is 4.98. The number of amides is 1. The van der Waals surface area contributed by atoms with E-state index in [2.05, 4.69) is 5.32 Å². The van der Waals surface area contributed by atoms with Crippen LogP contribution in [0.15, 0.2) is 42.5 Å². The van der Waals surface area contributed by atoms with Crippen LogP contribution in [0, 0.1) is 0 Å². The summed E-state index contributed by atoms with van der Waals surface area (Å²) in [6.07, 6.45) is 0. The van der Waals surface area contributed by atoms with Crippen LogP contribution in [-0.2, 0) is 5.88 Å². The molecule has 2 aromatic rings. The van der Waals surface area contributed by atoms with E-state index in [9.17, 15) is 4.79 Å². The summed E-state index contributed by atoms with van der Waals surface area (Å²) in [5.41, 5.74) is 1.84. The van der Waals surface area contributed by atoms with Crippen LogP contribution >= 0.6 is 34.8 Å². The second kappa shape index (κ2) is 6.29. The van der Waals surface area contributed by atoms with Gasteiger partial charge in [-0.1, -0.05) is 47.5 Å². The number of carbonyl (C=O) groups excluding carboxylic acids is 1. The number of nitrogens with one attached hydrogen (secondary N) is 1. The van der Waals surface area contributed by atoms with Gasteiger partial charge in [0.05, 0.1) is 15.6 Å². The summed E-state index contributed by atoms with van der Waals surface area (Å²) in [7, 11) is 0. The smallest absolute Gasteiger partial charge is 0.257 e. The lowest BCUT2D eigenvalue weighted by Crippen LogP contribution is -2.13. The number of para-hydroxylation sites is 1. The third-order valence-electron chi connectivity index (χ3n) is 2.61. The molecule has 0 fully saturated rings. The Morgan fingerprint density at radius 3 is 2.53 bits per heavy atom. The molecular weight excluding hydrogens is 305 g/mol. The van der Waals surface area contributed by atoms with Gasteiger partial charge in [0.15, 0.2) is 0 Å². The fraction of sp³-hybridized carbons (Fsp3) is 0.0714. The molecule has 0 aromatic heterocycles. The SMILES string of the molecule is O=C(Nc1ccccc1CCl)c1cccc(Cl)c1Cl. The summed E-state index contributed by atoms with van der Waals surface area (Å²) in [6, 6.07) is 12.2. The zero-order valence-corrected chi connectivity index (χ0v) is 12.1. The second-order valence-electron chi connectivity index (χ2n) is 3.85. The Labute approximate surface area is 126 Å². The Kier molecular flexibility index (Phi) is 4.70. The molecular formula is C14H10Cl3NO. The Morgan fingerprint density at radius 2 is 1.79 bits per heavy atom. The average molecular weight is 315 g/mol. The molecule has 0 unspecified atom stereocenters. The molecule has 0 spiro atoms. The van der Waals surface area contributed by atoms with Gasteiger partial charge < -0.3 is 5.32 Å². The third kappa shape index (κ3) is 3.21. The molecule has 0 radical (unpaired) electrons. The molecule has 0 bridgehead atoms. The van der Waals surface area contributed by atoms with Gasteiger partial charge in [0.25, 0.3) is 5.91 Å². The van der Waals surface area contributed by atoms with Crippen LogP contribution in [0.25, 0.3) is 0 Å². The summed E-state index contributed by atoms with van der Waals surface area (Å²) >= 11 is 17.7. The quantitative estimate of drug-likeness (QED) is 0.795. The van der Waals surface area contributed by atoms with Crippen LogP contribution in [0.1, 0.15) is 15.9 Å². The van der Waals surface area contributed by atoms with Gasteiger partial charge in [0.2, 0.25) is 0 Å². The maximum Gasteiger partial charge on any atom is 0.257 e. The Bertz CT molecular complexity index is 613. The number of hydrogen-bond donors (Lipinski definition) is 1. The zero-order chi connectivity index (χ0) is 13.8. The summed E-state index contributed by atoms with van der Waals surface area (Å²) in [5.74, 6) is 0.00442. The number of halogens is 3. The van der Waals surface area contributed by atoms with Crippen LogP contribution < -0.4 is 5.32 Å². The maximum absolute atomic E-state index is 12.2. The standard InChI is InChI=1S/C14H10Cl3NO/c15-8-9-4-1-2-7-12(9)18-14(19)10-5-3-6-11(16)13(10)17/h1-7H,8H2,(H,18,19). The topological polar surface area (TPSA) is 29.1 Å². The number of hydrogen-bond acceptors (Lipinski definition) is 1. The van der Waals surface area contributed by atoms with E-state index in [-0.39, 0.29) is 10.9 Å². The first-order valence-electron chi connectivity index (χ1n) is 5.52. The molecule has 5 heteroatoms. The van der Waals surface area contributed by atoms with E-state index in [1.165, 1.54) is 0 Å². The highest BCUT2D eigenvalue weighted by molar-refractivity contribution is 6.44. The van der Waals surface area contributed by atoms with Gasteiger partial charge >= 0.3 is 0 Å². The van der Waals surface area contributed by atoms with Crippen molar-refractivity contribution in [3.8, 4) is 0 Å². The Hall–Kier alpha value is -1.22. The van der Waals surface area contributed by atoms with E-state index in [0.29, 0.717) is 22.2 Å². The second-order valence-corrected chi connectivity index (χ2v) is 4.90. The first-order chi connectivity index (χ1) is 9.13. The number of carbonyl (C=O) groups is 1. The van der Waals surface area contributed by atoms with Gasteiger partial charge in [-0.05, 0) is 23.8 Å². The van der Waals surface area contributed by atoms with Gasteiger partial charge in [-0.2, -0.15) is 0 Å². The molecule has 0 saturated heterocycles. The molecule has 19 heavy (non-hydrogen) atoms. The Balaban J connectivity index is 2.28.